The molecule has 74 valence electrons. The molecule has 2 fully saturated rings. The van der Waals surface area contributed by atoms with Gasteiger partial charge in [-0.3, -0.25) is 4.90 Å². The van der Waals surface area contributed by atoms with Gasteiger partial charge in [0, 0.05) is 19.1 Å². The fourth-order valence-electron chi connectivity index (χ4n) is 2.17. The summed E-state index contributed by atoms with van der Waals surface area (Å²) in [4.78, 5) is 2.53. The van der Waals surface area contributed by atoms with Crippen molar-refractivity contribution >= 4 is 27.0 Å². The minimum absolute atomic E-state index is 0.160. The number of nitrogens with zero attached hydrogens (tertiary/aromatic N) is 1. The predicted molar refractivity (Wildman–Crippen MR) is 54.3 cm³/mol. The molecule has 2 rings (SSSR count). The van der Waals surface area contributed by atoms with Crippen LogP contribution in [0.5, 0.6) is 0 Å². The highest BCUT2D eigenvalue weighted by molar-refractivity contribution is 7.92. The van der Waals surface area contributed by atoms with Gasteiger partial charge in [0.25, 0.3) is 0 Å². The molecule has 0 aromatic rings. The smallest absolute Gasteiger partial charge is 0.156 e. The first-order valence-corrected chi connectivity index (χ1v) is 6.35. The Bertz CT molecular complexity index is 338. The van der Waals surface area contributed by atoms with E-state index in [2.05, 4.69) is 4.90 Å². The van der Waals surface area contributed by atoms with Gasteiger partial charge in [0.05, 0.1) is 16.0 Å². The van der Waals surface area contributed by atoms with Gasteiger partial charge in [0.15, 0.2) is 9.84 Å². The summed E-state index contributed by atoms with van der Waals surface area (Å²) in [6, 6.07) is 0.163. The Morgan fingerprint density at radius 1 is 1.62 bits per heavy atom. The molecule has 2 aliphatic rings. The van der Waals surface area contributed by atoms with Crippen molar-refractivity contribution in [2.24, 2.45) is 5.73 Å². The fraction of sp³-hybridized carbons (Fsp3) is 0.857. The van der Waals surface area contributed by atoms with Crippen LogP contribution in [0.25, 0.3) is 0 Å². The van der Waals surface area contributed by atoms with Crippen LogP contribution in [0.3, 0.4) is 0 Å². The maximum Gasteiger partial charge on any atom is 0.156 e. The van der Waals surface area contributed by atoms with Gasteiger partial charge in [0.1, 0.15) is 0 Å². The molecule has 2 heterocycles. The van der Waals surface area contributed by atoms with Gasteiger partial charge < -0.3 is 5.73 Å². The van der Waals surface area contributed by atoms with Crippen molar-refractivity contribution in [1.29, 1.82) is 0 Å². The number of fused-ring (bicyclic) bond motifs is 2. The van der Waals surface area contributed by atoms with Crippen molar-refractivity contribution in [2.75, 3.05) is 18.8 Å². The third-order valence-corrected chi connectivity index (χ3v) is 5.12. The second-order valence-electron chi connectivity index (χ2n) is 3.74. The second kappa shape index (κ2) is 2.90. The molecule has 2 unspecified atom stereocenters. The molecular weight excluding hydrogens is 208 g/mol. The van der Waals surface area contributed by atoms with E-state index in [4.69, 9.17) is 18.0 Å². The normalized spacial score (nSPS) is 36.6. The second-order valence-corrected chi connectivity index (χ2v) is 6.59. The van der Waals surface area contributed by atoms with E-state index >= 15 is 0 Å². The zero-order valence-corrected chi connectivity index (χ0v) is 8.77. The zero-order chi connectivity index (χ0) is 9.64. The van der Waals surface area contributed by atoms with E-state index in [1.165, 1.54) is 0 Å². The van der Waals surface area contributed by atoms with E-state index in [1.807, 2.05) is 0 Å². The third kappa shape index (κ3) is 1.58. The summed E-state index contributed by atoms with van der Waals surface area (Å²) in [7, 11) is -2.78. The lowest BCUT2D eigenvalue weighted by Gasteiger charge is -2.25. The maximum absolute atomic E-state index is 11.4. The van der Waals surface area contributed by atoms with Crippen LogP contribution in [0.4, 0.5) is 0 Å². The highest BCUT2D eigenvalue weighted by Crippen LogP contribution is 2.32. The van der Waals surface area contributed by atoms with Crippen molar-refractivity contribution in [3.63, 3.8) is 0 Å². The molecule has 0 saturated carbocycles. The van der Waals surface area contributed by atoms with Gasteiger partial charge in [-0.25, -0.2) is 8.42 Å². The first-order chi connectivity index (χ1) is 5.99. The maximum atomic E-state index is 11.4. The fourth-order valence-corrected chi connectivity index (χ4v) is 4.42. The van der Waals surface area contributed by atoms with Crippen LogP contribution in [-0.2, 0) is 9.84 Å². The van der Waals surface area contributed by atoms with Crippen LogP contribution in [-0.4, -0.2) is 48.4 Å². The molecule has 2 atom stereocenters. The molecular formula is C7H12N2O2S2. The lowest BCUT2D eigenvalue weighted by molar-refractivity contribution is 0.303. The van der Waals surface area contributed by atoms with Crippen LogP contribution in [0.1, 0.15) is 6.42 Å². The molecule has 0 radical (unpaired) electrons. The van der Waals surface area contributed by atoms with Crippen LogP contribution in [0, 0.1) is 0 Å². The molecule has 0 aromatic carbocycles. The number of likely N-dealkylation sites (tertiary alicyclic amines) is 1. The molecule has 0 aromatic heterocycles. The van der Waals surface area contributed by atoms with Crippen molar-refractivity contribution in [1.82, 2.24) is 4.90 Å². The lowest BCUT2D eigenvalue weighted by Crippen LogP contribution is -2.44. The number of thiocarbonyl (C=S) groups is 1. The van der Waals surface area contributed by atoms with Crippen LogP contribution < -0.4 is 5.73 Å². The molecule has 0 spiro atoms. The Labute approximate surface area is 83.0 Å². The van der Waals surface area contributed by atoms with E-state index in [0.717, 1.165) is 6.42 Å². The molecule has 2 bridgehead atoms. The Kier molecular flexibility index (Phi) is 2.08. The highest BCUT2D eigenvalue weighted by atomic mass is 32.2. The molecule has 2 aliphatic heterocycles. The monoisotopic (exact) mass is 220 g/mol. The molecule has 6 heteroatoms. The largest absolute Gasteiger partial charge is 0.392 e. The zero-order valence-electron chi connectivity index (χ0n) is 7.14. The van der Waals surface area contributed by atoms with Gasteiger partial charge in [-0.05, 0) is 6.42 Å². The summed E-state index contributed by atoms with van der Waals surface area (Å²) in [6.45, 7) is 1.18. The minimum atomic E-state index is -2.78. The van der Waals surface area contributed by atoms with E-state index in [1.54, 1.807) is 0 Å². The molecule has 2 saturated heterocycles. The Hall–Kier alpha value is -0.200. The predicted octanol–water partition coefficient (Wildman–Crippen LogP) is -0.856. The molecule has 2 N–H and O–H groups in total. The Morgan fingerprint density at radius 3 is 2.69 bits per heavy atom. The number of hydrogen-bond acceptors (Lipinski definition) is 4. The van der Waals surface area contributed by atoms with E-state index < -0.39 is 9.84 Å². The van der Waals surface area contributed by atoms with Crippen molar-refractivity contribution < 1.29 is 8.42 Å². The highest BCUT2D eigenvalue weighted by Gasteiger charge is 2.48. The number of sulfone groups is 1. The standard InChI is InChI=1S/C7H12N2O2S2/c8-7(12)3-9-2-6-1-5(9)4-13(6,10)11/h5-6H,1-4H2,(H2,8,12). The first kappa shape index (κ1) is 9.36. The van der Waals surface area contributed by atoms with Gasteiger partial charge in [-0.1, -0.05) is 12.2 Å². The Balaban J connectivity index is 2.07. The number of hydrogen-bond donors (Lipinski definition) is 1. The van der Waals surface area contributed by atoms with Gasteiger partial charge >= 0.3 is 0 Å². The molecule has 4 nitrogen and oxygen atoms in total. The van der Waals surface area contributed by atoms with Crippen molar-refractivity contribution in [2.45, 2.75) is 17.7 Å². The minimum Gasteiger partial charge on any atom is -0.392 e. The molecule has 13 heavy (non-hydrogen) atoms. The SMILES string of the molecule is NC(=S)CN1CC2CC1CS2(=O)=O. The van der Waals surface area contributed by atoms with Gasteiger partial charge in [-0.15, -0.1) is 0 Å². The lowest BCUT2D eigenvalue weighted by atomic mass is 10.2. The van der Waals surface area contributed by atoms with E-state index in [9.17, 15) is 8.42 Å². The van der Waals surface area contributed by atoms with Gasteiger partial charge in [0.2, 0.25) is 0 Å². The quantitative estimate of drug-likeness (QED) is 0.614. The molecule has 0 aliphatic carbocycles. The summed E-state index contributed by atoms with van der Waals surface area (Å²) in [5.74, 6) is 0.292. The van der Waals surface area contributed by atoms with Crippen molar-refractivity contribution in [3.8, 4) is 0 Å². The third-order valence-electron chi connectivity index (χ3n) is 2.78. The number of nitrogens with two attached hydrogens (primary N) is 1. The average molecular weight is 220 g/mol. The summed E-state index contributed by atoms with van der Waals surface area (Å²) in [5, 5.41) is -0.160. The first-order valence-electron chi connectivity index (χ1n) is 4.23. The van der Waals surface area contributed by atoms with Crippen LogP contribution in [0.15, 0.2) is 0 Å². The topological polar surface area (TPSA) is 63.4 Å². The van der Waals surface area contributed by atoms with E-state index in [0.29, 0.717) is 23.8 Å². The van der Waals surface area contributed by atoms with Crippen LogP contribution in [0.2, 0.25) is 0 Å². The number of rotatable bonds is 2. The van der Waals surface area contributed by atoms with Gasteiger partial charge in [-0.2, -0.15) is 0 Å². The molecule has 0 amide bonds. The summed E-state index contributed by atoms with van der Waals surface area (Å²) in [6.07, 6.45) is 0.769. The average Bonchev–Trinajstić information content (AvgIpc) is 2.41. The summed E-state index contributed by atoms with van der Waals surface area (Å²) in [5.41, 5.74) is 5.41. The Morgan fingerprint density at radius 2 is 2.31 bits per heavy atom. The van der Waals surface area contributed by atoms with Crippen molar-refractivity contribution in [3.05, 3.63) is 0 Å². The van der Waals surface area contributed by atoms with Crippen LogP contribution >= 0.6 is 12.2 Å². The summed E-state index contributed by atoms with van der Waals surface area (Å²) < 4.78 is 22.7. The van der Waals surface area contributed by atoms with E-state index in [-0.39, 0.29) is 11.3 Å². The summed E-state index contributed by atoms with van der Waals surface area (Å²) >= 11 is 4.79.